The lowest BCUT2D eigenvalue weighted by atomic mass is 10.2. The average molecular weight is 479 g/mol. The summed E-state index contributed by atoms with van der Waals surface area (Å²) in [4.78, 5) is 24.2. The number of nitrogens with zero attached hydrogens (tertiary/aromatic N) is 5. The van der Waals surface area contributed by atoms with Crippen LogP contribution in [0, 0.1) is 18.6 Å². The van der Waals surface area contributed by atoms with E-state index < -0.39 is 17.6 Å². The Bertz CT molecular complexity index is 1380. The molecule has 8 nitrogen and oxygen atoms in total. The fourth-order valence-corrected chi connectivity index (χ4v) is 4.50. The summed E-state index contributed by atoms with van der Waals surface area (Å²) in [6, 6.07) is 9.07. The number of pyridine rings is 1. The van der Waals surface area contributed by atoms with Crippen LogP contribution in [0.5, 0.6) is 0 Å². The molecule has 0 bridgehead atoms. The minimum Gasteiger partial charge on any atom is -0.480 e. The lowest BCUT2D eigenvalue weighted by Crippen LogP contribution is -2.42. The Morgan fingerprint density at radius 1 is 1.17 bits per heavy atom. The van der Waals surface area contributed by atoms with E-state index in [2.05, 4.69) is 20.4 Å². The number of aliphatic carboxylic acids is 1. The Labute approximate surface area is 200 Å². The first-order valence-corrected chi connectivity index (χ1v) is 11.4. The Hall–Kier alpha value is -3.92. The minimum absolute atomic E-state index is 0.0364. The van der Waals surface area contributed by atoms with Crippen molar-refractivity contribution in [3.63, 3.8) is 0 Å². The summed E-state index contributed by atoms with van der Waals surface area (Å²) < 4.78 is 30.7. The second-order valence-electron chi connectivity index (χ2n) is 8.73. The van der Waals surface area contributed by atoms with Crippen LogP contribution in [0.2, 0.25) is 0 Å². The van der Waals surface area contributed by atoms with E-state index in [1.54, 1.807) is 10.8 Å². The number of carboxylic acids is 1. The third-order valence-electron chi connectivity index (χ3n) is 6.23. The highest BCUT2D eigenvalue weighted by Crippen LogP contribution is 2.32. The van der Waals surface area contributed by atoms with E-state index in [0.29, 0.717) is 16.6 Å². The number of benzene rings is 1. The fourth-order valence-electron chi connectivity index (χ4n) is 4.50. The molecular formula is C25H24F2N6O2. The highest BCUT2D eigenvalue weighted by atomic mass is 19.1. The van der Waals surface area contributed by atoms with Gasteiger partial charge in [-0.15, -0.1) is 0 Å². The number of hydrazine groups is 1. The molecule has 1 aliphatic carbocycles. The van der Waals surface area contributed by atoms with E-state index >= 15 is 0 Å². The van der Waals surface area contributed by atoms with Gasteiger partial charge in [0.1, 0.15) is 18.0 Å². The molecule has 0 aliphatic heterocycles. The van der Waals surface area contributed by atoms with Crippen LogP contribution in [0.3, 0.4) is 0 Å². The van der Waals surface area contributed by atoms with E-state index in [0.717, 1.165) is 49.3 Å². The molecule has 1 aromatic carbocycles. The monoisotopic (exact) mass is 478 g/mol. The number of nitrogens with one attached hydrogen (secondary N) is 1. The molecule has 10 heteroatoms. The van der Waals surface area contributed by atoms with Crippen LogP contribution in [0.25, 0.3) is 28.1 Å². The van der Waals surface area contributed by atoms with Crippen LogP contribution >= 0.6 is 0 Å². The maximum Gasteiger partial charge on any atom is 0.319 e. The highest BCUT2D eigenvalue weighted by Gasteiger charge is 2.26. The molecule has 35 heavy (non-hydrogen) atoms. The van der Waals surface area contributed by atoms with Gasteiger partial charge in [0.25, 0.3) is 0 Å². The van der Waals surface area contributed by atoms with Crippen molar-refractivity contribution in [2.24, 2.45) is 0 Å². The zero-order valence-electron chi connectivity index (χ0n) is 19.1. The summed E-state index contributed by atoms with van der Waals surface area (Å²) in [6.07, 6.45) is 7.50. The molecule has 5 rings (SSSR count). The fraction of sp³-hybridized carbons (Fsp3) is 0.280. The first kappa shape index (κ1) is 22.9. The number of halogens is 2. The molecule has 180 valence electrons. The van der Waals surface area contributed by atoms with Gasteiger partial charge >= 0.3 is 5.97 Å². The van der Waals surface area contributed by atoms with Gasteiger partial charge < -0.3 is 9.67 Å². The molecule has 1 aliphatic rings. The van der Waals surface area contributed by atoms with Gasteiger partial charge in [-0.1, -0.05) is 30.5 Å². The summed E-state index contributed by atoms with van der Waals surface area (Å²) in [6.45, 7) is 1.68. The maximum absolute atomic E-state index is 14.7. The van der Waals surface area contributed by atoms with Crippen molar-refractivity contribution in [1.82, 2.24) is 24.5 Å². The molecule has 2 N–H and O–H groups in total. The van der Waals surface area contributed by atoms with Gasteiger partial charge in [-0.2, -0.15) is 0 Å². The summed E-state index contributed by atoms with van der Waals surface area (Å²) >= 11 is 0. The lowest BCUT2D eigenvalue weighted by Gasteiger charge is -2.28. The predicted octanol–water partition coefficient (Wildman–Crippen LogP) is 4.73. The third-order valence-corrected chi connectivity index (χ3v) is 6.23. The largest absolute Gasteiger partial charge is 0.480 e. The number of aryl methyl sites for hydroxylation is 1. The van der Waals surface area contributed by atoms with Crippen molar-refractivity contribution < 1.29 is 18.7 Å². The normalized spacial score (nSPS) is 14.2. The van der Waals surface area contributed by atoms with Gasteiger partial charge in [0, 0.05) is 28.9 Å². The smallest absolute Gasteiger partial charge is 0.319 e. The molecule has 0 spiro atoms. The number of hydrogen-bond donors (Lipinski definition) is 2. The standard InChI is InChI=1S/C25H24F2N6O2/c1-15-6-8-17(9-7-15)32-13-20(19-10-16(26)11-29-25(19)32)23-28-12-21(27)24(30-23)31-33(14-22(34)35)18-4-2-3-5-18/h6-13,18H,2-5,14H2,1H3,(H,34,35)(H,28,30,31). The van der Waals surface area contributed by atoms with Crippen molar-refractivity contribution in [3.05, 3.63) is 66.1 Å². The average Bonchev–Trinajstić information content (AvgIpc) is 3.49. The van der Waals surface area contributed by atoms with Crippen molar-refractivity contribution >= 4 is 22.8 Å². The first-order chi connectivity index (χ1) is 16.9. The Morgan fingerprint density at radius 2 is 1.91 bits per heavy atom. The van der Waals surface area contributed by atoms with Gasteiger partial charge in [-0.3, -0.25) is 10.2 Å². The molecule has 1 saturated carbocycles. The molecular weight excluding hydrogens is 454 g/mol. The van der Waals surface area contributed by atoms with Crippen LogP contribution < -0.4 is 5.43 Å². The van der Waals surface area contributed by atoms with Crippen LogP contribution in [-0.4, -0.2) is 48.2 Å². The van der Waals surface area contributed by atoms with Gasteiger partial charge in [0.05, 0.1) is 12.4 Å². The minimum atomic E-state index is -1.03. The van der Waals surface area contributed by atoms with E-state index in [1.165, 1.54) is 11.1 Å². The molecule has 0 saturated heterocycles. The van der Waals surface area contributed by atoms with Crippen molar-refractivity contribution in [2.75, 3.05) is 12.0 Å². The van der Waals surface area contributed by atoms with Crippen LogP contribution in [0.1, 0.15) is 31.2 Å². The number of hydrogen-bond acceptors (Lipinski definition) is 6. The number of aromatic nitrogens is 4. The molecule has 4 aromatic rings. The maximum atomic E-state index is 14.7. The van der Waals surface area contributed by atoms with Gasteiger partial charge in [-0.05, 0) is 38.0 Å². The topological polar surface area (TPSA) is 96.2 Å². The van der Waals surface area contributed by atoms with Crippen molar-refractivity contribution in [1.29, 1.82) is 0 Å². The molecule has 1 fully saturated rings. The van der Waals surface area contributed by atoms with Crippen LogP contribution in [0.15, 0.2) is 48.9 Å². The molecule has 3 aromatic heterocycles. The van der Waals surface area contributed by atoms with E-state index in [1.807, 2.05) is 31.2 Å². The van der Waals surface area contributed by atoms with E-state index in [4.69, 9.17) is 0 Å². The Morgan fingerprint density at radius 3 is 2.63 bits per heavy atom. The highest BCUT2D eigenvalue weighted by molar-refractivity contribution is 5.93. The summed E-state index contributed by atoms with van der Waals surface area (Å²) in [5, 5.41) is 11.3. The first-order valence-electron chi connectivity index (χ1n) is 11.4. The number of anilines is 1. The Kier molecular flexibility index (Phi) is 6.12. The van der Waals surface area contributed by atoms with Gasteiger partial charge in [-0.25, -0.2) is 28.7 Å². The van der Waals surface area contributed by atoms with Crippen molar-refractivity contribution in [2.45, 2.75) is 38.6 Å². The zero-order valence-corrected chi connectivity index (χ0v) is 19.1. The quantitative estimate of drug-likeness (QED) is 0.371. The van der Waals surface area contributed by atoms with E-state index in [-0.39, 0.29) is 24.2 Å². The van der Waals surface area contributed by atoms with Gasteiger partial charge in [0.2, 0.25) is 0 Å². The predicted molar refractivity (Wildman–Crippen MR) is 127 cm³/mol. The number of carboxylic acid groups (broad SMARTS) is 1. The summed E-state index contributed by atoms with van der Waals surface area (Å²) in [7, 11) is 0. The molecule has 0 radical (unpaired) electrons. The lowest BCUT2D eigenvalue weighted by molar-refractivity contribution is -0.138. The van der Waals surface area contributed by atoms with E-state index in [9.17, 15) is 18.7 Å². The SMILES string of the molecule is Cc1ccc(-n2cc(-c3ncc(F)c(NN(CC(=O)O)C4CCCC4)n3)c3cc(F)cnc32)cc1. The molecule has 0 atom stereocenters. The second kappa shape index (κ2) is 9.38. The van der Waals surface area contributed by atoms with Gasteiger partial charge in [0.15, 0.2) is 17.5 Å². The summed E-state index contributed by atoms with van der Waals surface area (Å²) in [5.74, 6) is -2.23. The number of carbonyl (C=O) groups is 1. The van der Waals surface area contributed by atoms with Crippen LogP contribution in [0.4, 0.5) is 14.6 Å². The molecule has 3 heterocycles. The Balaban J connectivity index is 1.57. The third kappa shape index (κ3) is 4.69. The summed E-state index contributed by atoms with van der Waals surface area (Å²) in [5.41, 5.74) is 5.76. The zero-order chi connectivity index (χ0) is 24.5. The molecule has 0 amide bonds. The number of rotatable bonds is 7. The number of fused-ring (bicyclic) bond motifs is 1. The van der Waals surface area contributed by atoms with Crippen molar-refractivity contribution in [3.8, 4) is 17.1 Å². The van der Waals surface area contributed by atoms with Crippen LogP contribution in [-0.2, 0) is 4.79 Å². The second-order valence-corrected chi connectivity index (χ2v) is 8.73. The molecule has 0 unspecified atom stereocenters.